The van der Waals surface area contributed by atoms with Crippen LogP contribution in [0.4, 0.5) is 0 Å². The van der Waals surface area contributed by atoms with Gasteiger partial charge < -0.3 is 10.2 Å². The second kappa shape index (κ2) is 5.19. The fourth-order valence-corrected chi connectivity index (χ4v) is 4.60. The molecule has 22 heavy (non-hydrogen) atoms. The second-order valence-corrected chi connectivity index (χ2v) is 9.18. The monoisotopic (exact) mass is 329 g/mol. The topological polar surface area (TPSA) is 95.6 Å². The maximum atomic E-state index is 12.3. The first-order chi connectivity index (χ1) is 10.2. The van der Waals surface area contributed by atoms with E-state index >= 15 is 0 Å². The molecule has 0 spiro atoms. The number of rotatable bonds is 3. The summed E-state index contributed by atoms with van der Waals surface area (Å²) in [5.41, 5.74) is 0.112. The Balaban J connectivity index is 1.49. The van der Waals surface area contributed by atoms with E-state index in [1.54, 1.807) is 0 Å². The first kappa shape index (κ1) is 15.7. The van der Waals surface area contributed by atoms with Gasteiger partial charge in [-0.2, -0.15) is 0 Å². The molecular formula is C14H23N3O4S. The van der Waals surface area contributed by atoms with Gasteiger partial charge in [-0.3, -0.25) is 9.59 Å². The lowest BCUT2D eigenvalue weighted by molar-refractivity contribution is -0.132. The highest BCUT2D eigenvalue weighted by atomic mass is 32.2. The summed E-state index contributed by atoms with van der Waals surface area (Å²) in [5.74, 6) is 0.0101. The van der Waals surface area contributed by atoms with Gasteiger partial charge in [-0.25, -0.2) is 13.1 Å². The van der Waals surface area contributed by atoms with Crippen LogP contribution in [-0.2, 0) is 19.6 Å². The summed E-state index contributed by atoms with van der Waals surface area (Å²) in [6, 6.07) is -0.750. The number of carbonyl (C=O) groups is 2. The Morgan fingerprint density at radius 2 is 1.95 bits per heavy atom. The number of nitrogens with one attached hydrogen (secondary N) is 2. The fraction of sp³-hybridized carbons (Fsp3) is 0.857. The average Bonchev–Trinajstić information content (AvgIpc) is 2.81. The Morgan fingerprint density at radius 1 is 1.27 bits per heavy atom. The van der Waals surface area contributed by atoms with Gasteiger partial charge in [0.25, 0.3) is 0 Å². The highest BCUT2D eigenvalue weighted by molar-refractivity contribution is 7.89. The quantitative estimate of drug-likeness (QED) is 0.726. The SMILES string of the molecule is CC1(C)CC1C(=O)N1CC[C@@H](NC(=O)C2CCS(=O)(=O)N2)C1. The first-order valence-corrected chi connectivity index (χ1v) is 9.42. The molecule has 124 valence electrons. The highest BCUT2D eigenvalue weighted by Gasteiger charge is 2.52. The van der Waals surface area contributed by atoms with Gasteiger partial charge in [0.2, 0.25) is 21.8 Å². The van der Waals surface area contributed by atoms with Gasteiger partial charge >= 0.3 is 0 Å². The minimum Gasteiger partial charge on any atom is -0.350 e. The van der Waals surface area contributed by atoms with Crippen molar-refractivity contribution in [1.29, 1.82) is 0 Å². The summed E-state index contributed by atoms with van der Waals surface area (Å²) in [4.78, 5) is 26.2. The maximum Gasteiger partial charge on any atom is 0.238 e. The van der Waals surface area contributed by atoms with E-state index in [0.717, 1.165) is 12.8 Å². The summed E-state index contributed by atoms with van der Waals surface area (Å²) < 4.78 is 25.0. The van der Waals surface area contributed by atoms with Gasteiger partial charge in [-0.15, -0.1) is 0 Å². The van der Waals surface area contributed by atoms with Crippen molar-refractivity contribution in [3.63, 3.8) is 0 Å². The summed E-state index contributed by atoms with van der Waals surface area (Å²) in [5, 5.41) is 2.86. The zero-order chi connectivity index (χ0) is 16.1. The lowest BCUT2D eigenvalue weighted by Crippen LogP contribution is -2.47. The van der Waals surface area contributed by atoms with Crippen LogP contribution < -0.4 is 10.0 Å². The molecule has 8 heteroatoms. The van der Waals surface area contributed by atoms with Gasteiger partial charge in [0.05, 0.1) is 5.75 Å². The van der Waals surface area contributed by atoms with Crippen molar-refractivity contribution in [3.05, 3.63) is 0 Å². The molecule has 7 nitrogen and oxygen atoms in total. The predicted octanol–water partition coefficient (Wildman–Crippen LogP) is -0.559. The lowest BCUT2D eigenvalue weighted by Gasteiger charge is -2.19. The highest BCUT2D eigenvalue weighted by Crippen LogP contribution is 2.52. The van der Waals surface area contributed by atoms with Crippen LogP contribution in [0.3, 0.4) is 0 Å². The van der Waals surface area contributed by atoms with Crippen molar-refractivity contribution in [2.24, 2.45) is 11.3 Å². The van der Waals surface area contributed by atoms with Gasteiger partial charge in [0, 0.05) is 25.0 Å². The summed E-state index contributed by atoms with van der Waals surface area (Å²) in [6.07, 6.45) is 1.97. The van der Waals surface area contributed by atoms with E-state index in [1.807, 2.05) is 4.90 Å². The maximum absolute atomic E-state index is 12.3. The molecule has 0 radical (unpaired) electrons. The third-order valence-corrected chi connectivity index (χ3v) is 6.39. The van der Waals surface area contributed by atoms with Crippen molar-refractivity contribution in [1.82, 2.24) is 14.9 Å². The van der Waals surface area contributed by atoms with Gasteiger partial charge in [-0.05, 0) is 24.7 Å². The van der Waals surface area contributed by atoms with E-state index in [-0.39, 0.29) is 34.9 Å². The zero-order valence-corrected chi connectivity index (χ0v) is 13.8. The second-order valence-electron chi connectivity index (χ2n) is 7.30. The van der Waals surface area contributed by atoms with Crippen LogP contribution >= 0.6 is 0 Å². The molecule has 0 bridgehead atoms. The van der Waals surface area contributed by atoms with Gasteiger partial charge in [-0.1, -0.05) is 13.8 Å². The molecule has 2 heterocycles. The molecule has 2 unspecified atom stereocenters. The number of sulfonamides is 1. The molecule has 1 saturated carbocycles. The van der Waals surface area contributed by atoms with E-state index in [2.05, 4.69) is 23.9 Å². The van der Waals surface area contributed by atoms with Crippen molar-refractivity contribution < 1.29 is 18.0 Å². The number of hydrogen-bond donors (Lipinski definition) is 2. The van der Waals surface area contributed by atoms with Crippen LogP contribution in [0.2, 0.25) is 0 Å². The van der Waals surface area contributed by atoms with Crippen LogP contribution in [0.25, 0.3) is 0 Å². The Bertz CT molecular complexity index is 601. The van der Waals surface area contributed by atoms with E-state index in [9.17, 15) is 18.0 Å². The van der Waals surface area contributed by atoms with Crippen molar-refractivity contribution in [2.45, 2.75) is 45.2 Å². The van der Waals surface area contributed by atoms with E-state index < -0.39 is 16.1 Å². The Labute approximate surface area is 130 Å². The zero-order valence-electron chi connectivity index (χ0n) is 13.0. The first-order valence-electron chi connectivity index (χ1n) is 7.77. The molecule has 0 aromatic carbocycles. The van der Waals surface area contributed by atoms with Crippen molar-refractivity contribution in [3.8, 4) is 0 Å². The lowest BCUT2D eigenvalue weighted by atomic mass is 10.1. The largest absolute Gasteiger partial charge is 0.350 e. The van der Waals surface area contributed by atoms with Crippen LogP contribution in [0.15, 0.2) is 0 Å². The van der Waals surface area contributed by atoms with Crippen LogP contribution in [0.5, 0.6) is 0 Å². The number of hydrogen-bond acceptors (Lipinski definition) is 4. The molecule has 2 aliphatic heterocycles. The third-order valence-electron chi connectivity index (χ3n) is 4.97. The molecular weight excluding hydrogens is 306 g/mol. The normalized spacial score (nSPS) is 35.4. The molecule has 2 N–H and O–H groups in total. The van der Waals surface area contributed by atoms with Crippen molar-refractivity contribution >= 4 is 21.8 Å². The third kappa shape index (κ3) is 3.12. The Hall–Kier alpha value is -1.15. The molecule has 3 rings (SSSR count). The van der Waals surface area contributed by atoms with Crippen molar-refractivity contribution in [2.75, 3.05) is 18.8 Å². The van der Waals surface area contributed by atoms with Crippen LogP contribution in [0.1, 0.15) is 33.1 Å². The summed E-state index contributed by atoms with van der Waals surface area (Å²) in [7, 11) is -3.29. The predicted molar refractivity (Wildman–Crippen MR) is 80.3 cm³/mol. The summed E-state index contributed by atoms with van der Waals surface area (Å²) >= 11 is 0. The molecule has 3 aliphatic rings. The molecule has 0 aromatic rings. The summed E-state index contributed by atoms with van der Waals surface area (Å²) in [6.45, 7) is 5.37. The van der Waals surface area contributed by atoms with Crippen LogP contribution in [-0.4, -0.2) is 56.1 Å². The Kier molecular flexibility index (Phi) is 3.71. The van der Waals surface area contributed by atoms with Crippen LogP contribution in [0, 0.1) is 11.3 Å². The number of carbonyl (C=O) groups excluding carboxylic acids is 2. The average molecular weight is 329 g/mol. The standard InChI is InChI=1S/C14H23N3O4S/c1-14(2)7-10(14)13(19)17-5-3-9(8-17)15-12(18)11-4-6-22(20,21)16-11/h9-11,16H,3-8H2,1-2H3,(H,15,18)/t9-,10?,11?/m1/s1. The molecule has 1 aliphatic carbocycles. The number of likely N-dealkylation sites (tertiary alicyclic amines) is 1. The fourth-order valence-electron chi connectivity index (χ4n) is 3.28. The van der Waals surface area contributed by atoms with Gasteiger partial charge in [0.15, 0.2) is 0 Å². The Morgan fingerprint density at radius 3 is 2.50 bits per heavy atom. The van der Waals surface area contributed by atoms with E-state index in [0.29, 0.717) is 19.5 Å². The number of amides is 2. The molecule has 2 amide bonds. The molecule has 0 aromatic heterocycles. The molecule has 2 saturated heterocycles. The molecule has 3 fully saturated rings. The molecule has 3 atom stereocenters. The smallest absolute Gasteiger partial charge is 0.238 e. The van der Waals surface area contributed by atoms with E-state index in [1.165, 1.54) is 0 Å². The minimum absolute atomic E-state index is 0.00285. The number of nitrogens with zero attached hydrogens (tertiary/aromatic N) is 1. The van der Waals surface area contributed by atoms with E-state index in [4.69, 9.17) is 0 Å². The van der Waals surface area contributed by atoms with Gasteiger partial charge in [0.1, 0.15) is 6.04 Å². The minimum atomic E-state index is -3.29.